The van der Waals surface area contributed by atoms with Crippen LogP contribution in [0.4, 0.5) is 0 Å². The summed E-state index contributed by atoms with van der Waals surface area (Å²) in [7, 11) is 1.73. The van der Waals surface area contributed by atoms with E-state index < -0.39 is 0 Å². The van der Waals surface area contributed by atoms with Crippen molar-refractivity contribution in [3.63, 3.8) is 0 Å². The van der Waals surface area contributed by atoms with Crippen LogP contribution in [0.25, 0.3) is 0 Å². The number of hydrogen-bond donors (Lipinski definition) is 1. The highest BCUT2D eigenvalue weighted by Crippen LogP contribution is 2.21. The van der Waals surface area contributed by atoms with Crippen LogP contribution in [0.3, 0.4) is 0 Å². The molecule has 1 N–H and O–H groups in total. The van der Waals surface area contributed by atoms with E-state index in [2.05, 4.69) is 42.3 Å². The van der Waals surface area contributed by atoms with Crippen LogP contribution in [0.1, 0.15) is 30.9 Å². The summed E-state index contributed by atoms with van der Waals surface area (Å²) >= 11 is 0. The Balaban J connectivity index is 0.00000200. The third kappa shape index (κ3) is 4.37. The molecule has 2 rings (SSSR count). The highest BCUT2D eigenvalue weighted by atomic mass is 35.5. The Morgan fingerprint density at radius 1 is 1.40 bits per heavy atom. The first-order valence-electron chi connectivity index (χ1n) is 7.33. The highest BCUT2D eigenvalue weighted by molar-refractivity contribution is 5.85. The Bertz CT molecular complexity index is 405. The summed E-state index contributed by atoms with van der Waals surface area (Å²) in [6.07, 6.45) is 2.49. The van der Waals surface area contributed by atoms with Gasteiger partial charge in [-0.15, -0.1) is 12.4 Å². The van der Waals surface area contributed by atoms with E-state index in [1.165, 1.54) is 30.5 Å². The number of benzene rings is 1. The molecule has 3 nitrogen and oxygen atoms in total. The highest BCUT2D eigenvalue weighted by Gasteiger charge is 2.21. The Labute approximate surface area is 129 Å². The summed E-state index contributed by atoms with van der Waals surface area (Å²) in [6, 6.07) is 7.23. The molecule has 1 heterocycles. The molecule has 20 heavy (non-hydrogen) atoms. The first-order valence-corrected chi connectivity index (χ1v) is 7.33. The molecule has 0 aromatic heterocycles. The number of nitrogens with one attached hydrogen (secondary N) is 1. The van der Waals surface area contributed by atoms with Gasteiger partial charge in [0.05, 0.1) is 7.11 Å². The molecule has 4 heteroatoms. The number of methoxy groups -OCH3 is 1. The summed E-state index contributed by atoms with van der Waals surface area (Å²) < 4.78 is 5.33. The first-order chi connectivity index (χ1) is 9.24. The van der Waals surface area contributed by atoms with E-state index in [1.807, 2.05) is 0 Å². The van der Waals surface area contributed by atoms with Crippen molar-refractivity contribution in [2.75, 3.05) is 26.7 Å². The Morgan fingerprint density at radius 2 is 2.20 bits per heavy atom. The van der Waals surface area contributed by atoms with E-state index >= 15 is 0 Å². The third-order valence-electron chi connectivity index (χ3n) is 3.91. The van der Waals surface area contributed by atoms with Crippen LogP contribution in [0.5, 0.6) is 5.75 Å². The van der Waals surface area contributed by atoms with Crippen molar-refractivity contribution in [3.8, 4) is 5.75 Å². The summed E-state index contributed by atoms with van der Waals surface area (Å²) in [5, 5.41) is 3.46. The van der Waals surface area contributed by atoms with Gasteiger partial charge in [-0.05, 0) is 50.0 Å². The van der Waals surface area contributed by atoms with Crippen molar-refractivity contribution < 1.29 is 4.74 Å². The van der Waals surface area contributed by atoms with E-state index in [1.54, 1.807) is 7.11 Å². The standard InChI is InChI=1S/C16H26N2O.ClH/c1-4-9-18(15-7-8-17-11-15)12-14-5-6-16(19-3)13(2)10-14;/h5-6,10,15,17H,4,7-9,11-12H2,1-3H3;1H. The monoisotopic (exact) mass is 298 g/mol. The predicted octanol–water partition coefficient (Wildman–Crippen LogP) is 3.00. The Hall–Kier alpha value is -0.770. The van der Waals surface area contributed by atoms with Crippen molar-refractivity contribution in [1.82, 2.24) is 10.2 Å². The molecule has 1 unspecified atom stereocenters. The molecule has 0 amide bonds. The lowest BCUT2D eigenvalue weighted by Crippen LogP contribution is -2.36. The second kappa shape index (κ2) is 8.50. The summed E-state index contributed by atoms with van der Waals surface area (Å²) in [4.78, 5) is 2.61. The Kier molecular flexibility index (Phi) is 7.35. The SMILES string of the molecule is CCCN(Cc1ccc(OC)c(C)c1)C1CCNC1.Cl. The van der Waals surface area contributed by atoms with Crippen molar-refractivity contribution in [2.45, 2.75) is 39.3 Å². The average Bonchev–Trinajstić information content (AvgIpc) is 2.92. The Morgan fingerprint density at radius 3 is 2.75 bits per heavy atom. The lowest BCUT2D eigenvalue weighted by Gasteiger charge is -2.28. The van der Waals surface area contributed by atoms with E-state index in [4.69, 9.17) is 4.74 Å². The van der Waals surface area contributed by atoms with Gasteiger partial charge in [0.2, 0.25) is 0 Å². The molecular formula is C16H27ClN2O. The largest absolute Gasteiger partial charge is 0.496 e. The van der Waals surface area contributed by atoms with Gasteiger partial charge in [-0.25, -0.2) is 0 Å². The lowest BCUT2D eigenvalue weighted by molar-refractivity contribution is 0.199. The van der Waals surface area contributed by atoms with E-state index in [-0.39, 0.29) is 12.4 Å². The van der Waals surface area contributed by atoms with Gasteiger partial charge in [-0.1, -0.05) is 19.1 Å². The predicted molar refractivity (Wildman–Crippen MR) is 87.0 cm³/mol. The maximum absolute atomic E-state index is 5.33. The number of halogens is 1. The van der Waals surface area contributed by atoms with Crippen LogP contribution < -0.4 is 10.1 Å². The van der Waals surface area contributed by atoms with Crippen molar-refractivity contribution in [3.05, 3.63) is 29.3 Å². The van der Waals surface area contributed by atoms with Gasteiger partial charge >= 0.3 is 0 Å². The van der Waals surface area contributed by atoms with Crippen molar-refractivity contribution in [2.24, 2.45) is 0 Å². The van der Waals surface area contributed by atoms with Gasteiger partial charge in [-0.2, -0.15) is 0 Å². The molecule has 1 saturated heterocycles. The third-order valence-corrected chi connectivity index (χ3v) is 3.91. The minimum atomic E-state index is 0. The van der Waals surface area contributed by atoms with Crippen LogP contribution >= 0.6 is 12.4 Å². The van der Waals surface area contributed by atoms with Gasteiger partial charge in [0.15, 0.2) is 0 Å². The molecule has 1 aromatic rings. The maximum Gasteiger partial charge on any atom is 0.121 e. The molecule has 1 aliphatic heterocycles. The van der Waals surface area contributed by atoms with Crippen LogP contribution in [0.2, 0.25) is 0 Å². The van der Waals surface area contributed by atoms with Crippen LogP contribution in [0, 0.1) is 6.92 Å². The molecule has 0 bridgehead atoms. The quantitative estimate of drug-likeness (QED) is 0.874. The minimum absolute atomic E-state index is 0. The van der Waals surface area contributed by atoms with Crippen LogP contribution in [-0.2, 0) is 6.54 Å². The van der Waals surface area contributed by atoms with Gasteiger partial charge < -0.3 is 10.1 Å². The normalized spacial score (nSPS) is 18.1. The molecule has 0 spiro atoms. The fourth-order valence-electron chi connectivity index (χ4n) is 2.90. The zero-order valence-electron chi connectivity index (χ0n) is 12.8. The molecule has 0 radical (unpaired) electrons. The molecule has 0 saturated carbocycles. The molecule has 0 aliphatic carbocycles. The van der Waals surface area contributed by atoms with Crippen molar-refractivity contribution in [1.29, 1.82) is 0 Å². The van der Waals surface area contributed by atoms with Crippen LogP contribution in [-0.4, -0.2) is 37.7 Å². The van der Waals surface area contributed by atoms with Gasteiger partial charge in [0.25, 0.3) is 0 Å². The summed E-state index contributed by atoms with van der Waals surface area (Å²) in [6.45, 7) is 8.89. The topological polar surface area (TPSA) is 24.5 Å². The molecular weight excluding hydrogens is 272 g/mol. The molecule has 1 aliphatic rings. The summed E-state index contributed by atoms with van der Waals surface area (Å²) in [5.41, 5.74) is 2.61. The number of nitrogens with zero attached hydrogens (tertiary/aromatic N) is 1. The van der Waals surface area contributed by atoms with Crippen LogP contribution in [0.15, 0.2) is 18.2 Å². The smallest absolute Gasteiger partial charge is 0.121 e. The molecule has 1 fully saturated rings. The van der Waals surface area contributed by atoms with E-state index in [0.717, 1.165) is 25.4 Å². The molecule has 1 aromatic carbocycles. The van der Waals surface area contributed by atoms with Crippen molar-refractivity contribution >= 4 is 12.4 Å². The summed E-state index contributed by atoms with van der Waals surface area (Å²) in [5.74, 6) is 0.980. The van der Waals surface area contributed by atoms with Gasteiger partial charge in [0.1, 0.15) is 5.75 Å². The van der Waals surface area contributed by atoms with E-state index in [0.29, 0.717) is 6.04 Å². The van der Waals surface area contributed by atoms with E-state index in [9.17, 15) is 0 Å². The van der Waals surface area contributed by atoms with Gasteiger partial charge in [-0.3, -0.25) is 4.90 Å². The zero-order valence-corrected chi connectivity index (χ0v) is 13.6. The second-order valence-corrected chi connectivity index (χ2v) is 5.42. The molecule has 114 valence electrons. The second-order valence-electron chi connectivity index (χ2n) is 5.42. The lowest BCUT2D eigenvalue weighted by atomic mass is 10.1. The fourth-order valence-corrected chi connectivity index (χ4v) is 2.90. The molecule has 1 atom stereocenters. The fraction of sp³-hybridized carbons (Fsp3) is 0.625. The number of aryl methyl sites for hydroxylation is 1. The number of hydrogen-bond acceptors (Lipinski definition) is 3. The number of rotatable bonds is 6. The first kappa shape index (κ1) is 17.3. The maximum atomic E-state index is 5.33. The zero-order chi connectivity index (χ0) is 13.7. The van der Waals surface area contributed by atoms with Gasteiger partial charge in [0, 0.05) is 19.1 Å². The number of ether oxygens (including phenoxy) is 1. The minimum Gasteiger partial charge on any atom is -0.496 e. The average molecular weight is 299 g/mol.